The molecule has 108 valence electrons. The third-order valence-corrected chi connectivity index (χ3v) is 4.77. The molecule has 0 saturated heterocycles. The summed E-state index contributed by atoms with van der Waals surface area (Å²) in [5.74, 6) is 1.42. The van der Waals surface area contributed by atoms with Gasteiger partial charge in [0.25, 0.3) is 0 Å². The summed E-state index contributed by atoms with van der Waals surface area (Å²) in [6.45, 7) is 10.2. The van der Waals surface area contributed by atoms with Crippen molar-refractivity contribution in [1.82, 2.24) is 9.78 Å². The minimum Gasteiger partial charge on any atom is -0.327 e. The standard InChI is InChI=1S/C16H29N3/c1-5-19-11-12(10-18-19)8-13-9-14(16(2,3)4)6-7-15(13)17/h10-11,13-15H,5-9,17H2,1-4H3. The smallest absolute Gasteiger partial charge is 0.0521 e. The van der Waals surface area contributed by atoms with E-state index in [0.29, 0.717) is 17.4 Å². The van der Waals surface area contributed by atoms with Crippen molar-refractivity contribution >= 4 is 0 Å². The molecule has 1 aliphatic rings. The van der Waals surface area contributed by atoms with Gasteiger partial charge in [-0.3, -0.25) is 4.68 Å². The van der Waals surface area contributed by atoms with Crippen LogP contribution in [0.3, 0.4) is 0 Å². The Labute approximate surface area is 117 Å². The van der Waals surface area contributed by atoms with Crippen LogP contribution in [0.4, 0.5) is 0 Å². The zero-order chi connectivity index (χ0) is 14.0. The van der Waals surface area contributed by atoms with E-state index in [9.17, 15) is 0 Å². The average molecular weight is 263 g/mol. The first-order chi connectivity index (χ1) is 8.90. The highest BCUT2D eigenvalue weighted by atomic mass is 15.3. The normalized spacial score (nSPS) is 28.6. The Balaban J connectivity index is 2.01. The van der Waals surface area contributed by atoms with Crippen molar-refractivity contribution < 1.29 is 0 Å². The van der Waals surface area contributed by atoms with Crippen LogP contribution >= 0.6 is 0 Å². The van der Waals surface area contributed by atoms with Crippen LogP contribution in [0.1, 0.15) is 52.5 Å². The predicted octanol–water partition coefficient (Wildman–Crippen LogP) is 3.24. The molecule has 2 N–H and O–H groups in total. The average Bonchev–Trinajstić information content (AvgIpc) is 2.78. The van der Waals surface area contributed by atoms with Crippen molar-refractivity contribution in [1.29, 1.82) is 0 Å². The Morgan fingerprint density at radius 3 is 2.68 bits per heavy atom. The fourth-order valence-corrected chi connectivity index (χ4v) is 3.30. The van der Waals surface area contributed by atoms with Crippen molar-refractivity contribution in [3.8, 4) is 0 Å². The van der Waals surface area contributed by atoms with E-state index >= 15 is 0 Å². The molecule has 1 aromatic heterocycles. The van der Waals surface area contributed by atoms with Gasteiger partial charge in [0.05, 0.1) is 6.20 Å². The zero-order valence-electron chi connectivity index (χ0n) is 12.9. The summed E-state index contributed by atoms with van der Waals surface area (Å²) < 4.78 is 2.00. The van der Waals surface area contributed by atoms with Gasteiger partial charge in [-0.25, -0.2) is 0 Å². The summed E-state index contributed by atoms with van der Waals surface area (Å²) >= 11 is 0. The van der Waals surface area contributed by atoms with Crippen LogP contribution in [0.5, 0.6) is 0 Å². The van der Waals surface area contributed by atoms with Crippen molar-refractivity contribution in [2.75, 3.05) is 0 Å². The fourth-order valence-electron chi connectivity index (χ4n) is 3.30. The van der Waals surface area contributed by atoms with Gasteiger partial charge >= 0.3 is 0 Å². The molecule has 1 saturated carbocycles. The fraction of sp³-hybridized carbons (Fsp3) is 0.812. The van der Waals surface area contributed by atoms with Crippen LogP contribution in [0.25, 0.3) is 0 Å². The monoisotopic (exact) mass is 263 g/mol. The lowest BCUT2D eigenvalue weighted by atomic mass is 9.66. The van der Waals surface area contributed by atoms with Crippen molar-refractivity contribution in [3.05, 3.63) is 18.0 Å². The second-order valence-electron chi connectivity index (χ2n) is 7.21. The summed E-state index contributed by atoms with van der Waals surface area (Å²) in [6.07, 6.45) is 9.00. The Morgan fingerprint density at radius 2 is 2.11 bits per heavy atom. The summed E-state index contributed by atoms with van der Waals surface area (Å²) in [7, 11) is 0. The van der Waals surface area contributed by atoms with Gasteiger partial charge in [0, 0.05) is 18.8 Å². The maximum atomic E-state index is 6.34. The molecule has 0 aromatic carbocycles. The van der Waals surface area contributed by atoms with Gasteiger partial charge in [-0.1, -0.05) is 20.8 Å². The number of hydrogen-bond acceptors (Lipinski definition) is 2. The molecular formula is C16H29N3. The maximum absolute atomic E-state index is 6.34. The van der Waals surface area contributed by atoms with Crippen LogP contribution in [0.2, 0.25) is 0 Å². The maximum Gasteiger partial charge on any atom is 0.0521 e. The molecule has 1 aliphatic carbocycles. The molecular weight excluding hydrogens is 234 g/mol. The Bertz CT molecular complexity index is 402. The molecule has 3 unspecified atom stereocenters. The van der Waals surface area contributed by atoms with Crippen molar-refractivity contribution in [3.63, 3.8) is 0 Å². The van der Waals surface area contributed by atoms with Crippen molar-refractivity contribution in [2.24, 2.45) is 23.0 Å². The van der Waals surface area contributed by atoms with E-state index in [1.165, 1.54) is 24.8 Å². The minimum atomic E-state index is 0.364. The topological polar surface area (TPSA) is 43.8 Å². The van der Waals surface area contributed by atoms with Gasteiger partial charge in [-0.2, -0.15) is 5.10 Å². The van der Waals surface area contributed by atoms with E-state index in [1.54, 1.807) is 0 Å². The van der Waals surface area contributed by atoms with E-state index in [1.807, 2.05) is 10.9 Å². The second-order valence-corrected chi connectivity index (χ2v) is 7.21. The van der Waals surface area contributed by atoms with Crippen LogP contribution in [0.15, 0.2) is 12.4 Å². The lowest BCUT2D eigenvalue weighted by Crippen LogP contribution is -2.40. The van der Waals surface area contributed by atoms with Crippen LogP contribution in [-0.4, -0.2) is 15.8 Å². The van der Waals surface area contributed by atoms with Gasteiger partial charge in [0.1, 0.15) is 0 Å². The molecule has 3 atom stereocenters. The first-order valence-electron chi connectivity index (χ1n) is 7.67. The first kappa shape index (κ1) is 14.6. The molecule has 0 spiro atoms. The highest BCUT2D eigenvalue weighted by Crippen LogP contribution is 2.40. The van der Waals surface area contributed by atoms with E-state index < -0.39 is 0 Å². The molecule has 1 aromatic rings. The number of nitrogens with two attached hydrogens (primary N) is 1. The number of hydrogen-bond donors (Lipinski definition) is 1. The van der Waals surface area contributed by atoms with Gasteiger partial charge < -0.3 is 5.73 Å². The molecule has 3 nitrogen and oxygen atoms in total. The highest BCUT2D eigenvalue weighted by Gasteiger charge is 2.34. The minimum absolute atomic E-state index is 0.364. The van der Waals surface area contributed by atoms with E-state index in [4.69, 9.17) is 5.73 Å². The summed E-state index contributed by atoms with van der Waals surface area (Å²) in [5.41, 5.74) is 8.10. The van der Waals surface area contributed by atoms with Crippen LogP contribution in [0, 0.1) is 17.3 Å². The van der Waals surface area contributed by atoms with Gasteiger partial charge in [0.15, 0.2) is 0 Å². The van der Waals surface area contributed by atoms with Gasteiger partial charge in [-0.05, 0) is 55.4 Å². The lowest BCUT2D eigenvalue weighted by molar-refractivity contribution is 0.127. The molecule has 2 rings (SSSR count). The molecule has 1 fully saturated rings. The largest absolute Gasteiger partial charge is 0.327 e. The Hall–Kier alpha value is -0.830. The number of rotatable bonds is 3. The third-order valence-electron chi connectivity index (χ3n) is 4.77. The quantitative estimate of drug-likeness (QED) is 0.910. The summed E-state index contributed by atoms with van der Waals surface area (Å²) in [5, 5.41) is 4.37. The van der Waals surface area contributed by atoms with Crippen molar-refractivity contribution in [2.45, 2.75) is 66.0 Å². The van der Waals surface area contributed by atoms with Gasteiger partial charge in [0.2, 0.25) is 0 Å². The Kier molecular flexibility index (Phi) is 4.34. The summed E-state index contributed by atoms with van der Waals surface area (Å²) in [4.78, 5) is 0. The molecule has 0 bridgehead atoms. The van der Waals surface area contributed by atoms with E-state index in [2.05, 4.69) is 39.0 Å². The number of aromatic nitrogens is 2. The van der Waals surface area contributed by atoms with Crippen LogP contribution < -0.4 is 5.73 Å². The molecule has 19 heavy (non-hydrogen) atoms. The SMILES string of the molecule is CCn1cc(CC2CC(C(C)(C)C)CCC2N)cn1. The highest BCUT2D eigenvalue weighted by molar-refractivity contribution is 5.07. The predicted molar refractivity (Wildman–Crippen MR) is 79.9 cm³/mol. The number of aryl methyl sites for hydroxylation is 1. The Morgan fingerprint density at radius 1 is 1.37 bits per heavy atom. The molecule has 3 heteroatoms. The first-order valence-corrected chi connectivity index (χ1v) is 7.67. The van der Waals surface area contributed by atoms with Gasteiger partial charge in [-0.15, -0.1) is 0 Å². The molecule has 0 aliphatic heterocycles. The van der Waals surface area contributed by atoms with E-state index in [0.717, 1.165) is 18.9 Å². The molecule has 1 heterocycles. The molecule has 0 radical (unpaired) electrons. The third kappa shape index (κ3) is 3.59. The van der Waals surface area contributed by atoms with E-state index in [-0.39, 0.29) is 0 Å². The van der Waals surface area contributed by atoms with Crippen LogP contribution in [-0.2, 0) is 13.0 Å². The lowest BCUT2D eigenvalue weighted by Gasteiger charge is -2.40. The molecule has 0 amide bonds. The second kappa shape index (κ2) is 5.66. The zero-order valence-corrected chi connectivity index (χ0v) is 12.9. The summed E-state index contributed by atoms with van der Waals surface area (Å²) in [6, 6.07) is 0.364. The number of nitrogens with zero attached hydrogens (tertiary/aromatic N) is 2.